The van der Waals surface area contributed by atoms with Gasteiger partial charge in [-0.25, -0.2) is 9.59 Å². The van der Waals surface area contributed by atoms with Crippen LogP contribution in [0.25, 0.3) is 0 Å². The van der Waals surface area contributed by atoms with E-state index in [0.29, 0.717) is 42.6 Å². The summed E-state index contributed by atoms with van der Waals surface area (Å²) in [5.74, 6) is -6.96. The van der Waals surface area contributed by atoms with E-state index in [0.717, 1.165) is 22.0 Å². The average molecular weight is 1390 g/mol. The lowest BCUT2D eigenvalue weighted by atomic mass is 9.89. The number of likely N-dealkylation sites (N-methyl/N-ethyl adjacent to an activating group) is 2. The highest BCUT2D eigenvalue weighted by Gasteiger charge is 2.44. The maximum atomic E-state index is 14.8. The molecule has 13 amide bonds. The summed E-state index contributed by atoms with van der Waals surface area (Å²) in [5, 5.41) is 30.1. The van der Waals surface area contributed by atoms with Gasteiger partial charge in [0.15, 0.2) is 0 Å². The highest BCUT2D eigenvalue weighted by Crippen LogP contribution is 2.31. The first-order chi connectivity index (χ1) is 46.9. The van der Waals surface area contributed by atoms with Crippen LogP contribution in [0.1, 0.15) is 138 Å². The monoisotopic (exact) mass is 1390 g/mol. The van der Waals surface area contributed by atoms with Gasteiger partial charge in [-0.15, -0.1) is 0 Å². The Labute approximate surface area is 581 Å². The summed E-state index contributed by atoms with van der Waals surface area (Å²) < 4.78 is 23.2. The zero-order valence-electron chi connectivity index (χ0n) is 60.0. The number of carbonyl (C=O) groups excluding carboxylic acids is 12. The third kappa shape index (κ3) is 25.3. The minimum absolute atomic E-state index is 0.0471. The van der Waals surface area contributed by atoms with Crippen molar-refractivity contribution in [1.82, 2.24) is 51.5 Å². The van der Waals surface area contributed by atoms with Gasteiger partial charge >= 0.3 is 12.1 Å². The number of amides is 13. The van der Waals surface area contributed by atoms with Crippen molar-refractivity contribution >= 4 is 76.9 Å². The molecule has 0 spiro atoms. The average Bonchev–Trinajstić information content (AvgIpc) is 1.77. The minimum atomic E-state index is -1.15. The van der Waals surface area contributed by atoms with Crippen molar-refractivity contribution in [3.63, 3.8) is 0 Å². The number of urea groups is 1. The first-order valence-corrected chi connectivity index (χ1v) is 34.1. The number of rotatable bonds is 41. The van der Waals surface area contributed by atoms with Gasteiger partial charge in [0.1, 0.15) is 30.8 Å². The van der Waals surface area contributed by atoms with Crippen molar-refractivity contribution in [1.29, 1.82) is 0 Å². The first-order valence-electron chi connectivity index (χ1n) is 34.1. The van der Waals surface area contributed by atoms with E-state index in [1.165, 1.54) is 21.3 Å². The number of primary amides is 1. The van der Waals surface area contributed by atoms with Gasteiger partial charge in [-0.05, 0) is 79.5 Å². The number of methoxy groups -OCH3 is 2. The van der Waals surface area contributed by atoms with Gasteiger partial charge in [-0.3, -0.25) is 57.7 Å². The summed E-state index contributed by atoms with van der Waals surface area (Å²) in [7, 11) is 6.06. The summed E-state index contributed by atoms with van der Waals surface area (Å²) in [5.41, 5.74) is 6.73. The zero-order valence-corrected chi connectivity index (χ0v) is 60.0. The molecule has 0 aliphatic carbocycles. The molecule has 0 saturated carbocycles. The Morgan fingerprint density at radius 3 is 1.93 bits per heavy atom. The number of imide groups is 1. The number of nitrogens with zero attached hydrogens (tertiary/aromatic N) is 4. The Kier molecular flexibility index (Phi) is 34.4. The second-order valence-corrected chi connectivity index (χ2v) is 26.4. The molecule has 0 bridgehead atoms. The first kappa shape index (κ1) is 82.9. The Hall–Kier alpha value is -8.54. The highest BCUT2D eigenvalue weighted by molar-refractivity contribution is 6.13. The van der Waals surface area contributed by atoms with Crippen molar-refractivity contribution < 1.29 is 81.6 Å². The molecule has 1 saturated heterocycles. The maximum absolute atomic E-state index is 14.8. The highest BCUT2D eigenvalue weighted by atomic mass is 16.6. The molecule has 99 heavy (non-hydrogen) atoms. The van der Waals surface area contributed by atoms with E-state index in [1.807, 2.05) is 32.0 Å². The van der Waals surface area contributed by atoms with E-state index >= 15 is 0 Å². The second kappa shape index (κ2) is 41.1. The standard InChI is InChI=1S/C70H108N12O17/c1-15-44(8)61(52(96-13)39-57(87)81-35-20-24-51(81)63(97-14)45(9)64(89)74-46(10)62(88)48-21-17-16-18-22-48)79(11)68(93)59(42(4)5)78-67(92)60(43(6)7)80(12)70(95)99-40-47-25-27-49(28-26-47)75-65(90)50(23-19-33-73-69(71)94)76-66(91)58(41(2)3)77-54(84)32-37-98-38-34-72-53(83)31-36-82-55(85)29-30-56(82)86/h16-18,21-22,25-30,41-46,50-52,58-63,88H,15,19-20,23-24,31-40H2,1-14H3,(H,72,83)(H,74,89)(H,75,90)(H,76,91)(H,77,84)(H,78,92)(H3,71,73,94)/t44-,45+,46+,50-,51-,52+,58-,59-,60-,61-,62+,63+/m0/s1. The van der Waals surface area contributed by atoms with Gasteiger partial charge in [0, 0.05) is 85.2 Å². The lowest BCUT2D eigenvalue weighted by Crippen LogP contribution is -2.60. The topological polar surface area (TPSA) is 385 Å². The minimum Gasteiger partial charge on any atom is -0.445 e. The van der Waals surface area contributed by atoms with Crippen molar-refractivity contribution in [2.24, 2.45) is 35.3 Å². The van der Waals surface area contributed by atoms with E-state index < -0.39 is 144 Å². The molecule has 2 aliphatic rings. The van der Waals surface area contributed by atoms with Gasteiger partial charge in [0.05, 0.1) is 62.0 Å². The number of hydrogen-bond acceptors (Lipinski definition) is 17. The van der Waals surface area contributed by atoms with Crippen LogP contribution in [0.5, 0.6) is 0 Å². The number of nitrogens with two attached hydrogens (primary N) is 1. The summed E-state index contributed by atoms with van der Waals surface area (Å²) in [6, 6.07) is 8.51. The molecule has 0 aromatic heterocycles. The van der Waals surface area contributed by atoms with Crippen LogP contribution in [0.15, 0.2) is 66.7 Å². The number of likely N-dealkylation sites (tertiary alicyclic amines) is 1. The molecule has 0 unspecified atom stereocenters. The fourth-order valence-electron chi connectivity index (χ4n) is 12.2. The zero-order chi connectivity index (χ0) is 73.8. The fraction of sp³-hybridized carbons (Fsp3) is 0.629. The van der Waals surface area contributed by atoms with Gasteiger partial charge in [-0.2, -0.15) is 0 Å². The molecule has 1 fully saturated rings. The molecule has 550 valence electrons. The molecule has 2 aliphatic heterocycles. The van der Waals surface area contributed by atoms with Gasteiger partial charge in [0.25, 0.3) is 11.8 Å². The van der Waals surface area contributed by atoms with Gasteiger partial charge in [0.2, 0.25) is 47.3 Å². The van der Waals surface area contributed by atoms with Crippen LogP contribution < -0.4 is 43.0 Å². The molecule has 0 radical (unpaired) electrons. The Morgan fingerprint density at radius 1 is 0.697 bits per heavy atom. The summed E-state index contributed by atoms with van der Waals surface area (Å²) in [6.45, 7) is 18.2. The van der Waals surface area contributed by atoms with Gasteiger partial charge < -0.3 is 76.8 Å². The van der Waals surface area contributed by atoms with Crippen LogP contribution >= 0.6 is 0 Å². The Balaban J connectivity index is 1.34. The Bertz CT molecular complexity index is 3040. The fourth-order valence-corrected chi connectivity index (χ4v) is 12.2. The number of hydrogen-bond donors (Lipinski definition) is 9. The van der Waals surface area contributed by atoms with Crippen molar-refractivity contribution in [2.45, 2.75) is 188 Å². The van der Waals surface area contributed by atoms with E-state index in [2.05, 4.69) is 37.2 Å². The van der Waals surface area contributed by atoms with Crippen LogP contribution in [-0.4, -0.2) is 218 Å². The SMILES string of the molecule is CC[C@H](C)[C@@H]([C@@H](CC(=O)N1CCC[C@H]1[C@H](OC)[C@@H](C)C(=O)N[C@H](C)[C@@H](O)c1ccccc1)OC)N(C)C(=O)[C@@H](NC(=O)[C@H](C(C)C)N(C)C(=O)OCc1ccc(NC(=O)[C@H](CCCNC(N)=O)NC(=O)[C@@H](NC(=O)CCOCCNC(=O)CCN2C(=O)C=CC2=O)C(C)C)cc1)C(C)C. The molecule has 2 heterocycles. The van der Waals surface area contributed by atoms with Gasteiger partial charge in [-0.1, -0.05) is 111 Å². The number of aliphatic hydroxyl groups excluding tert-OH is 1. The molecule has 29 nitrogen and oxygen atoms in total. The number of benzene rings is 2. The van der Waals surface area contributed by atoms with E-state index in [4.69, 9.17) is 24.7 Å². The van der Waals surface area contributed by atoms with E-state index in [1.54, 1.807) is 109 Å². The molecule has 12 atom stereocenters. The lowest BCUT2D eigenvalue weighted by molar-refractivity contribution is -0.148. The molecular formula is C70H108N12O17. The maximum Gasteiger partial charge on any atom is 0.410 e. The summed E-state index contributed by atoms with van der Waals surface area (Å²) in [6.07, 6.45) is 0.852. The lowest BCUT2D eigenvalue weighted by Gasteiger charge is -2.41. The predicted molar refractivity (Wildman–Crippen MR) is 368 cm³/mol. The number of ether oxygens (including phenoxy) is 4. The van der Waals surface area contributed by atoms with Crippen molar-refractivity contribution in [3.05, 3.63) is 77.9 Å². The molecule has 2 aromatic rings. The van der Waals surface area contributed by atoms with Crippen molar-refractivity contribution in [2.75, 3.05) is 73.0 Å². The summed E-state index contributed by atoms with van der Waals surface area (Å²) in [4.78, 5) is 164. The molecule has 2 aromatic carbocycles. The smallest absolute Gasteiger partial charge is 0.410 e. The molecule has 29 heteroatoms. The van der Waals surface area contributed by atoms with Crippen molar-refractivity contribution in [3.8, 4) is 0 Å². The second-order valence-electron chi connectivity index (χ2n) is 26.4. The summed E-state index contributed by atoms with van der Waals surface area (Å²) >= 11 is 0. The Morgan fingerprint density at radius 2 is 1.34 bits per heavy atom. The van der Waals surface area contributed by atoms with Crippen LogP contribution in [0.2, 0.25) is 0 Å². The van der Waals surface area contributed by atoms with Crippen LogP contribution in [0.4, 0.5) is 15.3 Å². The normalized spacial score (nSPS) is 17.1. The number of aliphatic hydroxyl groups is 1. The third-order valence-electron chi connectivity index (χ3n) is 18.0. The largest absolute Gasteiger partial charge is 0.445 e. The van der Waals surface area contributed by atoms with Crippen LogP contribution in [-0.2, 0) is 73.5 Å². The number of anilines is 1. The third-order valence-corrected chi connectivity index (χ3v) is 18.0. The van der Waals surface area contributed by atoms with E-state index in [9.17, 15) is 62.6 Å². The van der Waals surface area contributed by atoms with E-state index in [-0.39, 0.29) is 89.3 Å². The number of carbonyl (C=O) groups is 12. The molecule has 10 N–H and O–H groups in total. The quantitative estimate of drug-likeness (QED) is 0.0340. The molecular weight excluding hydrogens is 1280 g/mol. The number of nitrogens with one attached hydrogen (secondary N) is 7. The van der Waals surface area contributed by atoms with Crippen LogP contribution in [0, 0.1) is 29.6 Å². The van der Waals surface area contributed by atoms with Crippen LogP contribution in [0.3, 0.4) is 0 Å². The molecule has 4 rings (SSSR count). The predicted octanol–water partition coefficient (Wildman–Crippen LogP) is 3.43.